The van der Waals surface area contributed by atoms with Crippen LogP contribution in [0.4, 0.5) is 13.2 Å². The second-order valence-electron chi connectivity index (χ2n) is 9.81. The minimum absolute atomic E-state index is 0.184. The second kappa shape index (κ2) is 8.98. The Hall–Kier alpha value is -2.42. The Balaban J connectivity index is 1.43. The molecule has 0 saturated heterocycles. The molecule has 182 valence electrons. The lowest BCUT2D eigenvalue weighted by Crippen LogP contribution is -2.37. The van der Waals surface area contributed by atoms with Crippen LogP contribution in [0, 0.1) is 18.8 Å². The van der Waals surface area contributed by atoms with Crippen molar-refractivity contribution in [1.82, 2.24) is 19.4 Å². The predicted molar refractivity (Wildman–Crippen MR) is 126 cm³/mol. The van der Waals surface area contributed by atoms with Crippen LogP contribution in [0.2, 0.25) is 0 Å². The SMILES string of the molecule is Cc1nc(C(F)(F)F)sc1Cn1c2c(c3cccnc31)CCN(C(=O)CC1CCC(C)CC1)C2. The van der Waals surface area contributed by atoms with E-state index in [2.05, 4.69) is 16.9 Å². The van der Waals surface area contributed by atoms with Gasteiger partial charge in [-0.15, -0.1) is 11.3 Å². The van der Waals surface area contributed by atoms with Crippen molar-refractivity contribution >= 4 is 28.3 Å². The van der Waals surface area contributed by atoms with Gasteiger partial charge in [0.1, 0.15) is 5.65 Å². The predicted octanol–water partition coefficient (Wildman–Crippen LogP) is 5.97. The highest BCUT2D eigenvalue weighted by Gasteiger charge is 2.36. The number of amides is 1. The Morgan fingerprint density at radius 2 is 2.00 bits per heavy atom. The van der Waals surface area contributed by atoms with E-state index in [-0.39, 0.29) is 12.5 Å². The van der Waals surface area contributed by atoms with Gasteiger partial charge in [0, 0.05) is 35.1 Å². The molecule has 9 heteroatoms. The topological polar surface area (TPSA) is 51.0 Å². The summed E-state index contributed by atoms with van der Waals surface area (Å²) in [5, 5.41) is 0.195. The molecule has 0 spiro atoms. The molecule has 0 atom stereocenters. The zero-order chi connectivity index (χ0) is 24.0. The number of hydrogen-bond acceptors (Lipinski definition) is 4. The van der Waals surface area contributed by atoms with E-state index in [0.717, 1.165) is 47.5 Å². The molecular weight excluding hydrogens is 461 g/mol. The fraction of sp³-hybridized carbons (Fsp3) is 0.560. The summed E-state index contributed by atoms with van der Waals surface area (Å²) in [6.45, 7) is 5.30. The molecule has 1 fully saturated rings. The third kappa shape index (κ3) is 4.46. The summed E-state index contributed by atoms with van der Waals surface area (Å²) in [7, 11) is 0. The van der Waals surface area contributed by atoms with Gasteiger partial charge in [-0.05, 0) is 55.7 Å². The number of hydrogen-bond donors (Lipinski definition) is 0. The lowest BCUT2D eigenvalue weighted by molar-refractivity contribution is -0.137. The fourth-order valence-corrected chi connectivity index (χ4v) is 6.31. The van der Waals surface area contributed by atoms with Crippen molar-refractivity contribution in [2.75, 3.05) is 6.54 Å². The van der Waals surface area contributed by atoms with Gasteiger partial charge in [0.25, 0.3) is 0 Å². The number of carbonyl (C=O) groups is 1. The first kappa shape index (κ1) is 23.3. The van der Waals surface area contributed by atoms with Crippen molar-refractivity contribution in [3.8, 4) is 0 Å². The third-order valence-corrected chi connectivity index (χ3v) is 8.59. The van der Waals surface area contributed by atoms with Crippen molar-refractivity contribution in [3.63, 3.8) is 0 Å². The van der Waals surface area contributed by atoms with Crippen molar-refractivity contribution in [1.29, 1.82) is 0 Å². The number of aromatic nitrogens is 3. The molecule has 0 radical (unpaired) electrons. The summed E-state index contributed by atoms with van der Waals surface area (Å²) in [5.41, 5.74) is 3.27. The van der Waals surface area contributed by atoms with E-state index < -0.39 is 11.2 Å². The Labute approximate surface area is 201 Å². The summed E-state index contributed by atoms with van der Waals surface area (Å²) < 4.78 is 41.7. The van der Waals surface area contributed by atoms with Crippen molar-refractivity contribution in [2.24, 2.45) is 11.8 Å². The van der Waals surface area contributed by atoms with Crippen molar-refractivity contribution in [3.05, 3.63) is 45.2 Å². The van der Waals surface area contributed by atoms with Gasteiger partial charge in [-0.2, -0.15) is 13.2 Å². The third-order valence-electron chi connectivity index (χ3n) is 7.40. The van der Waals surface area contributed by atoms with Gasteiger partial charge in [0.2, 0.25) is 5.91 Å². The van der Waals surface area contributed by atoms with Crippen LogP contribution in [0.25, 0.3) is 11.0 Å². The first-order chi connectivity index (χ1) is 16.2. The van der Waals surface area contributed by atoms with E-state index in [4.69, 9.17) is 0 Å². The normalized spacial score (nSPS) is 21.1. The number of nitrogens with zero attached hydrogens (tertiary/aromatic N) is 4. The molecule has 1 aliphatic carbocycles. The Kier molecular flexibility index (Phi) is 6.16. The number of thiazole rings is 1. The molecular formula is C25H29F3N4OS. The molecule has 1 amide bonds. The van der Waals surface area contributed by atoms with E-state index in [1.165, 1.54) is 12.8 Å². The molecule has 5 rings (SSSR count). The highest BCUT2D eigenvalue weighted by atomic mass is 32.1. The molecule has 0 N–H and O–H groups in total. The van der Waals surface area contributed by atoms with Crippen LogP contribution < -0.4 is 0 Å². The van der Waals surface area contributed by atoms with Gasteiger partial charge in [0.05, 0.1) is 18.8 Å². The van der Waals surface area contributed by atoms with Crippen LogP contribution >= 0.6 is 11.3 Å². The molecule has 3 aromatic heterocycles. The summed E-state index contributed by atoms with van der Waals surface area (Å²) in [6.07, 6.45) is 3.18. The first-order valence-corrected chi connectivity index (χ1v) is 12.8. The number of aryl methyl sites for hydroxylation is 1. The van der Waals surface area contributed by atoms with Crippen LogP contribution in [0.15, 0.2) is 18.3 Å². The highest BCUT2D eigenvalue weighted by molar-refractivity contribution is 7.11. The second-order valence-corrected chi connectivity index (χ2v) is 10.9. The Morgan fingerprint density at radius 3 is 2.71 bits per heavy atom. The zero-order valence-electron chi connectivity index (χ0n) is 19.5. The fourth-order valence-electron chi connectivity index (χ4n) is 5.39. The molecule has 1 saturated carbocycles. The average Bonchev–Trinajstić information content (AvgIpc) is 3.33. The highest BCUT2D eigenvalue weighted by Crippen LogP contribution is 2.37. The number of halogens is 3. The van der Waals surface area contributed by atoms with E-state index in [1.807, 2.05) is 21.6 Å². The van der Waals surface area contributed by atoms with Crippen molar-refractivity contribution in [2.45, 2.75) is 71.6 Å². The number of carbonyl (C=O) groups excluding carboxylic acids is 1. The van der Waals surface area contributed by atoms with Gasteiger partial charge in [0.15, 0.2) is 5.01 Å². The van der Waals surface area contributed by atoms with Gasteiger partial charge in [-0.25, -0.2) is 9.97 Å². The van der Waals surface area contributed by atoms with E-state index in [0.29, 0.717) is 47.3 Å². The van der Waals surface area contributed by atoms with Gasteiger partial charge in [-0.1, -0.05) is 19.8 Å². The standard InChI is InChI=1S/C25H29F3N4OS/c1-15-5-7-17(8-6-15)12-22(33)31-11-9-18-19-4-3-10-29-23(19)32(20(18)13-31)14-21-16(2)30-24(34-21)25(26,27)28/h3-4,10,15,17H,5-9,11-14H2,1-2H3. The van der Waals surface area contributed by atoms with Crippen LogP contribution in [0.3, 0.4) is 0 Å². The number of fused-ring (bicyclic) bond motifs is 3. The summed E-state index contributed by atoms with van der Waals surface area (Å²) >= 11 is 0.689. The molecule has 5 nitrogen and oxygen atoms in total. The Bertz CT molecular complexity index is 1210. The summed E-state index contributed by atoms with van der Waals surface area (Å²) in [5.74, 6) is 1.39. The molecule has 2 aliphatic rings. The number of alkyl halides is 3. The van der Waals surface area contributed by atoms with E-state index in [9.17, 15) is 18.0 Å². The maximum absolute atomic E-state index is 13.2. The van der Waals surface area contributed by atoms with Gasteiger partial charge >= 0.3 is 6.18 Å². The average molecular weight is 491 g/mol. The van der Waals surface area contributed by atoms with Crippen LogP contribution in [0.1, 0.15) is 65.9 Å². The minimum atomic E-state index is -4.45. The molecule has 0 bridgehead atoms. The summed E-state index contributed by atoms with van der Waals surface area (Å²) in [6, 6.07) is 3.90. The largest absolute Gasteiger partial charge is 0.443 e. The lowest BCUT2D eigenvalue weighted by atomic mass is 9.81. The first-order valence-electron chi connectivity index (χ1n) is 12.0. The quantitative estimate of drug-likeness (QED) is 0.453. The molecule has 3 aromatic rings. The van der Waals surface area contributed by atoms with Crippen LogP contribution in [-0.4, -0.2) is 31.9 Å². The molecule has 34 heavy (non-hydrogen) atoms. The van der Waals surface area contributed by atoms with Gasteiger partial charge in [-0.3, -0.25) is 4.79 Å². The van der Waals surface area contributed by atoms with Crippen molar-refractivity contribution < 1.29 is 18.0 Å². The minimum Gasteiger partial charge on any atom is -0.337 e. The lowest BCUT2D eigenvalue weighted by Gasteiger charge is -2.31. The maximum atomic E-state index is 13.2. The maximum Gasteiger partial charge on any atom is 0.443 e. The Morgan fingerprint density at radius 1 is 1.24 bits per heavy atom. The summed E-state index contributed by atoms with van der Waals surface area (Å²) in [4.78, 5) is 24.0. The monoisotopic (exact) mass is 490 g/mol. The van der Waals surface area contributed by atoms with Crippen LogP contribution in [-0.2, 0) is 30.5 Å². The molecule has 0 unspecified atom stereocenters. The number of rotatable bonds is 4. The molecule has 1 aliphatic heterocycles. The van der Waals surface area contributed by atoms with Crippen LogP contribution in [0.5, 0.6) is 0 Å². The molecule has 0 aromatic carbocycles. The number of pyridine rings is 1. The van der Waals surface area contributed by atoms with E-state index >= 15 is 0 Å². The van der Waals surface area contributed by atoms with E-state index in [1.54, 1.807) is 13.1 Å². The molecule has 4 heterocycles. The van der Waals surface area contributed by atoms with Gasteiger partial charge < -0.3 is 9.47 Å². The zero-order valence-corrected chi connectivity index (χ0v) is 20.3. The smallest absolute Gasteiger partial charge is 0.337 e.